The highest BCUT2D eigenvalue weighted by atomic mass is 16.6. The van der Waals surface area contributed by atoms with E-state index < -0.39 is 0 Å². The first kappa shape index (κ1) is 15.4. The van der Waals surface area contributed by atoms with Gasteiger partial charge in [0.1, 0.15) is 0 Å². The number of aliphatic hydroxyl groups excluding tert-OH is 1. The van der Waals surface area contributed by atoms with Crippen LogP contribution in [-0.4, -0.2) is 23.2 Å². The number of hydrogen-bond acceptors (Lipinski definition) is 4. The summed E-state index contributed by atoms with van der Waals surface area (Å²) < 4.78 is 0. The van der Waals surface area contributed by atoms with Crippen molar-refractivity contribution in [2.75, 3.05) is 18.5 Å². The molecule has 1 atom stereocenters. The maximum atomic E-state index is 10.9. The monoisotopic (exact) mass is 266 g/mol. The molecule has 0 radical (unpaired) electrons. The fourth-order valence-electron chi connectivity index (χ4n) is 1.83. The van der Waals surface area contributed by atoms with Gasteiger partial charge < -0.3 is 10.4 Å². The standard InChI is InChI=1S/C14H22N2O3/c1-5-14(4,9-17)8-15-12-7-13(16(18)19)11(3)6-10(12)2/h6-7,15,17H,5,8-9H2,1-4H3. The highest BCUT2D eigenvalue weighted by molar-refractivity contribution is 5.60. The second kappa shape index (κ2) is 6.02. The minimum absolute atomic E-state index is 0.0868. The Balaban J connectivity index is 2.96. The maximum absolute atomic E-state index is 10.9. The smallest absolute Gasteiger partial charge is 0.274 e. The van der Waals surface area contributed by atoms with Gasteiger partial charge in [-0.3, -0.25) is 10.1 Å². The van der Waals surface area contributed by atoms with E-state index in [1.807, 2.05) is 26.8 Å². The quantitative estimate of drug-likeness (QED) is 0.613. The average molecular weight is 266 g/mol. The van der Waals surface area contributed by atoms with Crippen LogP contribution in [0.15, 0.2) is 12.1 Å². The van der Waals surface area contributed by atoms with E-state index in [4.69, 9.17) is 0 Å². The molecule has 0 aliphatic rings. The SMILES string of the molecule is CCC(C)(CO)CNc1cc([N+](=O)[O-])c(C)cc1C. The molecule has 19 heavy (non-hydrogen) atoms. The van der Waals surface area contributed by atoms with Gasteiger partial charge in [-0.15, -0.1) is 0 Å². The zero-order valence-electron chi connectivity index (χ0n) is 12.0. The lowest BCUT2D eigenvalue weighted by Crippen LogP contribution is -2.29. The van der Waals surface area contributed by atoms with Crippen LogP contribution in [0.1, 0.15) is 31.4 Å². The highest BCUT2D eigenvalue weighted by Crippen LogP contribution is 2.28. The average Bonchev–Trinajstić information content (AvgIpc) is 2.37. The number of rotatable bonds is 6. The zero-order valence-corrected chi connectivity index (χ0v) is 12.0. The van der Waals surface area contributed by atoms with E-state index in [1.165, 1.54) is 0 Å². The second-order valence-corrected chi connectivity index (χ2v) is 5.39. The van der Waals surface area contributed by atoms with Gasteiger partial charge in [-0.05, 0) is 31.9 Å². The van der Waals surface area contributed by atoms with Crippen LogP contribution in [0.3, 0.4) is 0 Å². The summed E-state index contributed by atoms with van der Waals surface area (Å²) in [5, 5.41) is 23.5. The van der Waals surface area contributed by atoms with Gasteiger partial charge in [0.05, 0.1) is 11.5 Å². The molecule has 0 aromatic heterocycles. The van der Waals surface area contributed by atoms with Crippen LogP contribution in [0.2, 0.25) is 0 Å². The van der Waals surface area contributed by atoms with Crippen LogP contribution in [0.25, 0.3) is 0 Å². The second-order valence-electron chi connectivity index (χ2n) is 5.39. The molecular weight excluding hydrogens is 244 g/mol. The van der Waals surface area contributed by atoms with Crippen molar-refractivity contribution in [3.63, 3.8) is 0 Å². The molecule has 1 aromatic carbocycles. The number of nitro groups is 1. The van der Waals surface area contributed by atoms with Gasteiger partial charge in [-0.2, -0.15) is 0 Å². The molecule has 0 aliphatic carbocycles. The summed E-state index contributed by atoms with van der Waals surface area (Å²) in [5.41, 5.74) is 2.29. The Morgan fingerprint density at radius 3 is 2.47 bits per heavy atom. The van der Waals surface area contributed by atoms with Gasteiger partial charge in [0.15, 0.2) is 0 Å². The number of hydrogen-bond donors (Lipinski definition) is 2. The molecule has 0 bridgehead atoms. The van der Waals surface area contributed by atoms with E-state index in [2.05, 4.69) is 5.32 Å². The van der Waals surface area contributed by atoms with Gasteiger partial charge in [0.25, 0.3) is 5.69 Å². The van der Waals surface area contributed by atoms with Crippen LogP contribution in [0, 0.1) is 29.4 Å². The van der Waals surface area contributed by atoms with Crippen molar-refractivity contribution in [1.29, 1.82) is 0 Å². The Hall–Kier alpha value is -1.62. The minimum Gasteiger partial charge on any atom is -0.396 e. The topological polar surface area (TPSA) is 75.4 Å². The predicted octanol–water partition coefficient (Wildman–Crippen LogP) is 3.03. The number of nitrogens with one attached hydrogen (secondary N) is 1. The minimum atomic E-state index is -0.370. The third-order valence-corrected chi connectivity index (χ3v) is 3.68. The number of anilines is 1. The Morgan fingerprint density at radius 1 is 1.37 bits per heavy atom. The van der Waals surface area contributed by atoms with Crippen molar-refractivity contribution < 1.29 is 10.0 Å². The van der Waals surface area contributed by atoms with Crippen molar-refractivity contribution >= 4 is 11.4 Å². The molecule has 0 saturated carbocycles. The van der Waals surface area contributed by atoms with E-state index in [-0.39, 0.29) is 22.6 Å². The molecule has 1 unspecified atom stereocenters. The molecule has 5 heteroatoms. The zero-order chi connectivity index (χ0) is 14.6. The van der Waals surface area contributed by atoms with E-state index in [1.54, 1.807) is 13.0 Å². The van der Waals surface area contributed by atoms with Gasteiger partial charge >= 0.3 is 0 Å². The van der Waals surface area contributed by atoms with Crippen molar-refractivity contribution in [1.82, 2.24) is 0 Å². The lowest BCUT2D eigenvalue weighted by atomic mass is 9.88. The van der Waals surface area contributed by atoms with Crippen LogP contribution < -0.4 is 5.32 Å². The predicted molar refractivity (Wildman–Crippen MR) is 76.5 cm³/mol. The van der Waals surface area contributed by atoms with Gasteiger partial charge in [-0.25, -0.2) is 0 Å². The van der Waals surface area contributed by atoms with Gasteiger partial charge in [0, 0.05) is 29.3 Å². The Morgan fingerprint density at radius 2 is 2.00 bits per heavy atom. The molecular formula is C14H22N2O3. The summed E-state index contributed by atoms with van der Waals surface area (Å²) >= 11 is 0. The summed E-state index contributed by atoms with van der Waals surface area (Å²) in [6.07, 6.45) is 0.837. The highest BCUT2D eigenvalue weighted by Gasteiger charge is 2.21. The summed E-state index contributed by atoms with van der Waals surface area (Å²) in [6.45, 7) is 8.32. The molecule has 0 heterocycles. The molecule has 2 N–H and O–H groups in total. The molecule has 0 spiro atoms. The number of benzene rings is 1. The van der Waals surface area contributed by atoms with E-state index >= 15 is 0 Å². The first-order valence-corrected chi connectivity index (χ1v) is 6.43. The molecule has 0 amide bonds. The van der Waals surface area contributed by atoms with Crippen LogP contribution >= 0.6 is 0 Å². The summed E-state index contributed by atoms with van der Waals surface area (Å²) in [5.74, 6) is 0. The van der Waals surface area contributed by atoms with E-state index in [0.717, 1.165) is 17.7 Å². The molecule has 0 saturated heterocycles. The molecule has 5 nitrogen and oxygen atoms in total. The van der Waals surface area contributed by atoms with Crippen LogP contribution in [-0.2, 0) is 0 Å². The first-order valence-electron chi connectivity index (χ1n) is 6.43. The lowest BCUT2D eigenvalue weighted by Gasteiger charge is -2.26. The Kier molecular flexibility index (Phi) is 4.89. The Labute approximate surface area is 113 Å². The van der Waals surface area contributed by atoms with Crippen molar-refractivity contribution in [2.45, 2.75) is 34.1 Å². The van der Waals surface area contributed by atoms with Crippen LogP contribution in [0.5, 0.6) is 0 Å². The fourth-order valence-corrected chi connectivity index (χ4v) is 1.83. The molecule has 106 valence electrons. The third-order valence-electron chi connectivity index (χ3n) is 3.68. The van der Waals surface area contributed by atoms with Gasteiger partial charge in [-0.1, -0.05) is 13.8 Å². The fraction of sp³-hybridized carbons (Fsp3) is 0.571. The first-order chi connectivity index (χ1) is 8.83. The van der Waals surface area contributed by atoms with E-state index in [0.29, 0.717) is 12.1 Å². The number of nitrogens with zero attached hydrogens (tertiary/aromatic N) is 1. The maximum Gasteiger partial charge on any atom is 0.274 e. The van der Waals surface area contributed by atoms with Crippen molar-refractivity contribution in [3.05, 3.63) is 33.4 Å². The molecule has 1 rings (SSSR count). The van der Waals surface area contributed by atoms with Crippen LogP contribution in [0.4, 0.5) is 11.4 Å². The number of aryl methyl sites for hydroxylation is 2. The van der Waals surface area contributed by atoms with Crippen molar-refractivity contribution in [3.8, 4) is 0 Å². The van der Waals surface area contributed by atoms with E-state index in [9.17, 15) is 15.2 Å². The van der Waals surface area contributed by atoms with Crippen molar-refractivity contribution in [2.24, 2.45) is 5.41 Å². The normalized spacial score (nSPS) is 13.9. The van der Waals surface area contributed by atoms with Gasteiger partial charge in [0.2, 0.25) is 0 Å². The summed E-state index contributed by atoms with van der Waals surface area (Å²) in [4.78, 5) is 10.6. The largest absolute Gasteiger partial charge is 0.396 e. The molecule has 1 aromatic rings. The summed E-state index contributed by atoms with van der Waals surface area (Å²) in [6, 6.07) is 3.38. The Bertz CT molecular complexity index is 468. The molecule has 0 aliphatic heterocycles. The number of aliphatic hydroxyl groups is 1. The lowest BCUT2D eigenvalue weighted by molar-refractivity contribution is -0.385. The third kappa shape index (κ3) is 3.67. The summed E-state index contributed by atoms with van der Waals surface area (Å²) in [7, 11) is 0. The molecule has 0 fully saturated rings. The number of nitro benzene ring substituents is 1.